The van der Waals surface area contributed by atoms with E-state index in [4.69, 9.17) is 0 Å². The molecule has 5 rings (SSSR count). The number of aromatic nitrogens is 4. The summed E-state index contributed by atoms with van der Waals surface area (Å²) in [6.07, 6.45) is 10.9. The summed E-state index contributed by atoms with van der Waals surface area (Å²) in [5.41, 5.74) is 3.69. The Morgan fingerprint density at radius 1 is 1.00 bits per heavy atom. The number of hydrogen-bond acceptors (Lipinski definition) is 4. The van der Waals surface area contributed by atoms with E-state index in [1.807, 2.05) is 67.0 Å². The van der Waals surface area contributed by atoms with Crippen LogP contribution in [0.5, 0.6) is 0 Å². The number of carboxylic acids is 1. The number of carbonyl (C=O) groups excluding carboxylic acids is 1. The number of aromatic carboxylic acids is 1. The Hall–Kier alpha value is -3.94. The van der Waals surface area contributed by atoms with Crippen LogP contribution >= 0.6 is 0 Å². The Balaban J connectivity index is 1.46. The lowest BCUT2D eigenvalue weighted by Gasteiger charge is -2.32. The molecule has 1 aliphatic rings. The van der Waals surface area contributed by atoms with Crippen LogP contribution in [-0.2, 0) is 4.79 Å². The van der Waals surface area contributed by atoms with Crippen LogP contribution in [0, 0.1) is 11.8 Å². The average Bonchev–Trinajstić information content (AvgIpc) is 3.51. The zero-order valence-electron chi connectivity index (χ0n) is 20.8. The molecule has 1 aromatic carbocycles. The van der Waals surface area contributed by atoms with E-state index in [1.54, 1.807) is 15.8 Å². The molecule has 0 spiro atoms. The Bertz CT molecular complexity index is 1390. The molecule has 3 aromatic heterocycles. The number of rotatable bonds is 6. The molecule has 1 saturated carbocycles. The molecule has 8 nitrogen and oxygen atoms in total. The lowest BCUT2D eigenvalue weighted by molar-refractivity contribution is -0.124. The Morgan fingerprint density at radius 2 is 1.69 bits per heavy atom. The van der Waals surface area contributed by atoms with Gasteiger partial charge in [-0.3, -0.25) is 9.69 Å². The van der Waals surface area contributed by atoms with E-state index in [9.17, 15) is 14.7 Å². The fourth-order valence-electron chi connectivity index (χ4n) is 5.03. The number of pyridine rings is 1. The quantitative estimate of drug-likeness (QED) is 0.392. The Labute approximate surface area is 210 Å². The minimum atomic E-state index is -1.10. The van der Waals surface area contributed by atoms with Gasteiger partial charge in [-0.25, -0.2) is 14.5 Å². The second-order valence-electron chi connectivity index (χ2n) is 10.0. The van der Waals surface area contributed by atoms with E-state index < -0.39 is 5.97 Å². The van der Waals surface area contributed by atoms with Gasteiger partial charge in [-0.15, -0.1) is 5.10 Å². The maximum absolute atomic E-state index is 13.5. The number of hydrogen-bond donors (Lipinski definition) is 1. The van der Waals surface area contributed by atoms with Crippen molar-refractivity contribution < 1.29 is 14.7 Å². The van der Waals surface area contributed by atoms with Gasteiger partial charge in [0.25, 0.3) is 0 Å². The number of carboxylic acid groups (broad SMARTS) is 1. The van der Waals surface area contributed by atoms with E-state index >= 15 is 0 Å². The van der Waals surface area contributed by atoms with Crippen molar-refractivity contribution in [3.8, 4) is 16.8 Å². The standard InChI is InChI=1S/C28H31N5O3/c1-18(2)33(27(34)21-6-4-19(3)5-7-21)26-24(28(35)36)17-32(30-26)23-11-8-20(9-12-23)22-10-13-25-29-14-15-31(25)16-22/h8-19,21H,4-7H2,1-3H3,(H,35,36)/t19-,21-. The Kier molecular flexibility index (Phi) is 6.35. The highest BCUT2D eigenvalue weighted by Gasteiger charge is 2.34. The van der Waals surface area contributed by atoms with Crippen LogP contribution in [0.25, 0.3) is 22.5 Å². The van der Waals surface area contributed by atoms with E-state index in [-0.39, 0.29) is 29.2 Å². The summed E-state index contributed by atoms with van der Waals surface area (Å²) < 4.78 is 3.51. The molecule has 186 valence electrons. The van der Waals surface area contributed by atoms with Gasteiger partial charge in [0, 0.05) is 36.7 Å². The molecule has 1 fully saturated rings. The molecule has 1 amide bonds. The van der Waals surface area contributed by atoms with Crippen LogP contribution in [0.15, 0.2) is 61.2 Å². The average molecular weight is 486 g/mol. The normalized spacial score (nSPS) is 18.0. The third-order valence-corrected chi connectivity index (χ3v) is 7.13. The Morgan fingerprint density at radius 3 is 2.36 bits per heavy atom. The first-order valence-corrected chi connectivity index (χ1v) is 12.5. The first-order valence-electron chi connectivity index (χ1n) is 12.5. The van der Waals surface area contributed by atoms with Gasteiger partial charge in [0.15, 0.2) is 5.82 Å². The number of nitrogens with zero attached hydrogens (tertiary/aromatic N) is 5. The van der Waals surface area contributed by atoms with Crippen LogP contribution < -0.4 is 4.90 Å². The van der Waals surface area contributed by atoms with Crippen LogP contribution in [0.1, 0.15) is 56.8 Å². The number of anilines is 1. The summed E-state index contributed by atoms with van der Waals surface area (Å²) >= 11 is 0. The van der Waals surface area contributed by atoms with Crippen molar-refractivity contribution in [2.75, 3.05) is 4.90 Å². The van der Waals surface area contributed by atoms with Crippen molar-refractivity contribution in [3.63, 3.8) is 0 Å². The number of imidazole rings is 1. The summed E-state index contributed by atoms with van der Waals surface area (Å²) in [6.45, 7) is 6.02. The van der Waals surface area contributed by atoms with E-state index in [0.717, 1.165) is 48.1 Å². The van der Waals surface area contributed by atoms with Crippen LogP contribution in [0.3, 0.4) is 0 Å². The first-order chi connectivity index (χ1) is 17.3. The van der Waals surface area contributed by atoms with Gasteiger partial charge in [-0.05, 0) is 80.8 Å². The smallest absolute Gasteiger partial charge is 0.341 e. The van der Waals surface area contributed by atoms with E-state index in [0.29, 0.717) is 5.92 Å². The van der Waals surface area contributed by atoms with E-state index in [1.165, 1.54) is 6.20 Å². The molecule has 3 heterocycles. The molecule has 0 unspecified atom stereocenters. The number of benzene rings is 1. The van der Waals surface area contributed by atoms with E-state index in [2.05, 4.69) is 17.0 Å². The van der Waals surface area contributed by atoms with Gasteiger partial charge in [0.2, 0.25) is 5.91 Å². The molecule has 1 N–H and O–H groups in total. The van der Waals surface area contributed by atoms with Crippen molar-refractivity contribution in [1.82, 2.24) is 19.2 Å². The molecule has 4 aromatic rings. The molecule has 1 aliphatic carbocycles. The molecule has 0 saturated heterocycles. The zero-order chi connectivity index (χ0) is 25.4. The van der Waals surface area contributed by atoms with Crippen molar-refractivity contribution in [2.45, 2.75) is 52.5 Å². The highest BCUT2D eigenvalue weighted by Crippen LogP contribution is 2.33. The van der Waals surface area contributed by atoms with Gasteiger partial charge in [-0.1, -0.05) is 19.1 Å². The van der Waals surface area contributed by atoms with Gasteiger partial charge >= 0.3 is 5.97 Å². The van der Waals surface area contributed by atoms with Crippen LogP contribution in [0.4, 0.5) is 5.82 Å². The zero-order valence-corrected chi connectivity index (χ0v) is 20.8. The van der Waals surface area contributed by atoms with Crippen molar-refractivity contribution in [1.29, 1.82) is 0 Å². The summed E-state index contributed by atoms with van der Waals surface area (Å²) in [5, 5.41) is 14.6. The summed E-state index contributed by atoms with van der Waals surface area (Å²) in [5.74, 6) is -0.398. The second kappa shape index (κ2) is 9.60. The highest BCUT2D eigenvalue weighted by atomic mass is 16.4. The molecule has 0 radical (unpaired) electrons. The van der Waals surface area contributed by atoms with Gasteiger partial charge in [0.05, 0.1) is 5.69 Å². The largest absolute Gasteiger partial charge is 0.477 e. The minimum absolute atomic E-state index is 0.0239. The summed E-state index contributed by atoms with van der Waals surface area (Å²) in [6, 6.07) is 11.5. The van der Waals surface area contributed by atoms with Crippen molar-refractivity contribution in [3.05, 3.63) is 66.7 Å². The summed E-state index contributed by atoms with van der Waals surface area (Å²) in [7, 11) is 0. The second-order valence-corrected chi connectivity index (χ2v) is 10.0. The SMILES string of the molecule is CC(C)N(c1nn(-c2ccc(-c3ccc4nccn4c3)cc2)cc1C(=O)O)C(=O)[C@H]1CC[C@H](C)CC1. The van der Waals surface area contributed by atoms with Gasteiger partial charge < -0.3 is 9.51 Å². The maximum Gasteiger partial charge on any atom is 0.341 e. The summed E-state index contributed by atoms with van der Waals surface area (Å²) in [4.78, 5) is 31.5. The fourth-order valence-corrected chi connectivity index (χ4v) is 5.03. The topological polar surface area (TPSA) is 92.7 Å². The number of amides is 1. The monoisotopic (exact) mass is 485 g/mol. The van der Waals surface area contributed by atoms with Crippen molar-refractivity contribution in [2.24, 2.45) is 11.8 Å². The van der Waals surface area contributed by atoms with Gasteiger partial charge in [0.1, 0.15) is 11.2 Å². The van der Waals surface area contributed by atoms with Crippen molar-refractivity contribution >= 4 is 23.3 Å². The van der Waals surface area contributed by atoms with Gasteiger partial charge in [-0.2, -0.15) is 0 Å². The van der Waals surface area contributed by atoms with Crippen LogP contribution in [-0.4, -0.2) is 42.2 Å². The lowest BCUT2D eigenvalue weighted by Crippen LogP contribution is -2.43. The number of fused-ring (bicyclic) bond motifs is 1. The maximum atomic E-state index is 13.5. The lowest BCUT2D eigenvalue weighted by atomic mass is 9.82. The van der Waals surface area contributed by atoms with Crippen LogP contribution in [0.2, 0.25) is 0 Å². The highest BCUT2D eigenvalue weighted by molar-refractivity contribution is 6.01. The predicted octanol–water partition coefficient (Wildman–Crippen LogP) is 5.45. The number of carbonyl (C=O) groups is 2. The molecule has 0 aliphatic heterocycles. The fraction of sp³-hybridized carbons (Fsp3) is 0.357. The molecule has 0 atom stereocenters. The first kappa shape index (κ1) is 23.8. The molecule has 36 heavy (non-hydrogen) atoms. The molecule has 8 heteroatoms. The third kappa shape index (κ3) is 4.51. The third-order valence-electron chi connectivity index (χ3n) is 7.13. The molecular weight excluding hydrogens is 454 g/mol. The minimum Gasteiger partial charge on any atom is -0.477 e. The molecule has 0 bridgehead atoms. The predicted molar refractivity (Wildman–Crippen MR) is 138 cm³/mol. The molecular formula is C28H31N5O3.